The summed E-state index contributed by atoms with van der Waals surface area (Å²) in [5.41, 5.74) is 10.6. The van der Waals surface area contributed by atoms with Crippen LogP contribution < -0.4 is 22.3 Å². The van der Waals surface area contributed by atoms with Gasteiger partial charge >= 0.3 is 0 Å². The summed E-state index contributed by atoms with van der Waals surface area (Å²) in [4.78, 5) is 17.6. The maximum absolute atomic E-state index is 11.4. The zero-order chi connectivity index (χ0) is 12.4. The van der Waals surface area contributed by atoms with Crippen molar-refractivity contribution in [2.45, 2.75) is 12.5 Å². The van der Waals surface area contributed by atoms with E-state index in [4.69, 9.17) is 16.6 Å². The summed E-state index contributed by atoms with van der Waals surface area (Å²) in [6.07, 6.45) is 4.58. The molecule has 1 aromatic heterocycles. The highest BCUT2D eigenvalue weighted by molar-refractivity contribution is 5.62. The number of hydrogen-bond acceptors (Lipinski definition) is 6. The molecule has 0 aliphatic heterocycles. The number of H-pyrrole nitrogens is 1. The van der Waals surface area contributed by atoms with Crippen LogP contribution in [0.3, 0.4) is 0 Å². The third kappa shape index (κ3) is 2.39. The molecule has 0 unspecified atom stereocenters. The Morgan fingerprint density at radius 1 is 1.53 bits per heavy atom. The van der Waals surface area contributed by atoms with E-state index in [2.05, 4.69) is 15.3 Å². The lowest BCUT2D eigenvalue weighted by Crippen LogP contribution is -2.23. The molecular weight excluding hydrogens is 222 g/mol. The summed E-state index contributed by atoms with van der Waals surface area (Å²) in [6.45, 7) is 0.106. The molecule has 1 aromatic rings. The molecule has 7 N–H and O–H groups in total. The summed E-state index contributed by atoms with van der Waals surface area (Å²) < 4.78 is 0. The SMILES string of the molecule is Nc1nc(N[C@@H]2C=C[C@H](CO)C2)c(N)c(=O)[nH]1. The first-order valence-electron chi connectivity index (χ1n) is 5.31. The molecule has 0 aromatic carbocycles. The van der Waals surface area contributed by atoms with E-state index in [9.17, 15) is 4.79 Å². The first-order chi connectivity index (χ1) is 8.10. The van der Waals surface area contributed by atoms with Crippen molar-refractivity contribution in [3.05, 3.63) is 22.5 Å². The van der Waals surface area contributed by atoms with E-state index in [0.717, 1.165) is 6.42 Å². The van der Waals surface area contributed by atoms with Crippen LogP contribution in [0, 0.1) is 5.92 Å². The highest BCUT2D eigenvalue weighted by Gasteiger charge is 2.19. The van der Waals surface area contributed by atoms with E-state index in [0.29, 0.717) is 0 Å². The lowest BCUT2D eigenvalue weighted by molar-refractivity contribution is 0.250. The number of hydrogen-bond donors (Lipinski definition) is 5. The van der Waals surface area contributed by atoms with Crippen LogP contribution in [0.15, 0.2) is 16.9 Å². The van der Waals surface area contributed by atoms with Gasteiger partial charge in [-0.1, -0.05) is 12.2 Å². The van der Waals surface area contributed by atoms with Gasteiger partial charge in [0, 0.05) is 18.6 Å². The third-order valence-electron chi connectivity index (χ3n) is 2.70. The van der Waals surface area contributed by atoms with Crippen molar-refractivity contribution in [2.75, 3.05) is 23.4 Å². The molecule has 0 saturated heterocycles. The van der Waals surface area contributed by atoms with E-state index in [-0.39, 0.29) is 36.0 Å². The number of aliphatic hydroxyl groups excluding tert-OH is 1. The predicted octanol–water partition coefficient (Wildman–Crippen LogP) is -0.717. The average molecular weight is 237 g/mol. The number of aromatic amines is 1. The monoisotopic (exact) mass is 237 g/mol. The molecule has 1 aliphatic carbocycles. The second kappa shape index (κ2) is 4.46. The first-order valence-corrected chi connectivity index (χ1v) is 5.31. The Bertz CT molecular complexity index is 496. The van der Waals surface area contributed by atoms with E-state index < -0.39 is 5.56 Å². The topological polar surface area (TPSA) is 130 Å². The van der Waals surface area contributed by atoms with Crippen LogP contribution in [0.1, 0.15) is 6.42 Å². The van der Waals surface area contributed by atoms with Gasteiger partial charge in [-0.2, -0.15) is 4.98 Å². The largest absolute Gasteiger partial charge is 0.396 e. The second-order valence-electron chi connectivity index (χ2n) is 4.03. The number of aliphatic hydroxyl groups is 1. The molecule has 2 atom stereocenters. The van der Waals surface area contributed by atoms with Gasteiger partial charge in [-0.05, 0) is 6.42 Å². The molecule has 17 heavy (non-hydrogen) atoms. The van der Waals surface area contributed by atoms with Crippen LogP contribution in [-0.2, 0) is 0 Å². The minimum Gasteiger partial charge on any atom is -0.396 e. The Morgan fingerprint density at radius 3 is 2.94 bits per heavy atom. The van der Waals surface area contributed by atoms with Crippen molar-refractivity contribution in [3.63, 3.8) is 0 Å². The average Bonchev–Trinajstić information content (AvgIpc) is 2.73. The van der Waals surface area contributed by atoms with E-state index in [1.807, 2.05) is 12.2 Å². The Labute approximate surface area is 97.6 Å². The number of nitrogen functional groups attached to an aromatic ring is 2. The van der Waals surface area contributed by atoms with Crippen LogP contribution in [0.4, 0.5) is 17.5 Å². The molecule has 7 nitrogen and oxygen atoms in total. The molecule has 92 valence electrons. The lowest BCUT2D eigenvalue weighted by Gasteiger charge is -2.14. The predicted molar refractivity (Wildman–Crippen MR) is 65.4 cm³/mol. The van der Waals surface area contributed by atoms with Gasteiger partial charge in [0.1, 0.15) is 5.69 Å². The van der Waals surface area contributed by atoms with Crippen LogP contribution in [0.2, 0.25) is 0 Å². The van der Waals surface area contributed by atoms with E-state index in [1.165, 1.54) is 0 Å². The molecule has 0 radical (unpaired) electrons. The Balaban J connectivity index is 2.15. The van der Waals surface area contributed by atoms with Crippen LogP contribution in [0.5, 0.6) is 0 Å². The van der Waals surface area contributed by atoms with Gasteiger partial charge in [0.05, 0.1) is 0 Å². The zero-order valence-corrected chi connectivity index (χ0v) is 9.18. The van der Waals surface area contributed by atoms with Crippen molar-refractivity contribution in [1.29, 1.82) is 0 Å². The summed E-state index contributed by atoms with van der Waals surface area (Å²) in [6, 6.07) is 0.00292. The van der Waals surface area contributed by atoms with Crippen LogP contribution in [0.25, 0.3) is 0 Å². The van der Waals surface area contributed by atoms with Gasteiger partial charge in [-0.25, -0.2) is 0 Å². The molecule has 2 rings (SSSR count). The van der Waals surface area contributed by atoms with Gasteiger partial charge in [-0.15, -0.1) is 0 Å². The minimum absolute atomic E-state index is 0.00292. The van der Waals surface area contributed by atoms with Gasteiger partial charge in [0.25, 0.3) is 5.56 Å². The Hall–Kier alpha value is -2.02. The van der Waals surface area contributed by atoms with Gasteiger partial charge < -0.3 is 21.9 Å². The number of nitrogens with one attached hydrogen (secondary N) is 2. The molecule has 1 heterocycles. The Kier molecular flexibility index (Phi) is 3.01. The maximum atomic E-state index is 11.4. The normalized spacial score (nSPS) is 22.9. The molecular formula is C10H15N5O2. The molecule has 1 aliphatic rings. The van der Waals surface area contributed by atoms with Crippen molar-refractivity contribution in [1.82, 2.24) is 9.97 Å². The van der Waals surface area contributed by atoms with Crippen molar-refractivity contribution in [3.8, 4) is 0 Å². The molecule has 0 amide bonds. The summed E-state index contributed by atoms with van der Waals surface area (Å²) in [7, 11) is 0. The number of nitrogens with zero attached hydrogens (tertiary/aromatic N) is 1. The lowest BCUT2D eigenvalue weighted by atomic mass is 10.1. The zero-order valence-electron chi connectivity index (χ0n) is 9.18. The van der Waals surface area contributed by atoms with Crippen molar-refractivity contribution < 1.29 is 5.11 Å². The quantitative estimate of drug-likeness (QED) is 0.441. The standard InChI is InChI=1S/C10H15N5O2/c11-7-8(14-10(12)15-9(7)17)13-6-2-1-5(3-6)4-16/h1-2,5-6,16H,3-4,11H2,(H4,12,13,14,15,17)/t5-,6+/m0/s1. The van der Waals surface area contributed by atoms with E-state index in [1.54, 1.807) is 0 Å². The van der Waals surface area contributed by atoms with Crippen molar-refractivity contribution >= 4 is 17.5 Å². The van der Waals surface area contributed by atoms with E-state index >= 15 is 0 Å². The third-order valence-corrected chi connectivity index (χ3v) is 2.70. The molecule has 0 saturated carbocycles. The maximum Gasteiger partial charge on any atom is 0.277 e. The van der Waals surface area contributed by atoms with Crippen LogP contribution in [-0.4, -0.2) is 27.7 Å². The second-order valence-corrected chi connectivity index (χ2v) is 4.03. The van der Waals surface area contributed by atoms with Gasteiger partial charge in [-0.3, -0.25) is 9.78 Å². The first kappa shape index (κ1) is 11.5. The van der Waals surface area contributed by atoms with Gasteiger partial charge in [0.15, 0.2) is 5.82 Å². The molecule has 0 fully saturated rings. The number of aromatic nitrogens is 2. The van der Waals surface area contributed by atoms with Crippen LogP contribution >= 0.6 is 0 Å². The summed E-state index contributed by atoms with van der Waals surface area (Å²) in [5.74, 6) is 0.431. The number of nitrogens with two attached hydrogens (primary N) is 2. The smallest absolute Gasteiger partial charge is 0.277 e. The highest BCUT2D eigenvalue weighted by Crippen LogP contribution is 2.21. The minimum atomic E-state index is -0.458. The fourth-order valence-electron chi connectivity index (χ4n) is 1.80. The molecule has 0 spiro atoms. The fraction of sp³-hybridized carbons (Fsp3) is 0.400. The fourth-order valence-corrected chi connectivity index (χ4v) is 1.80. The Morgan fingerprint density at radius 2 is 2.29 bits per heavy atom. The highest BCUT2D eigenvalue weighted by atomic mass is 16.3. The van der Waals surface area contributed by atoms with Crippen molar-refractivity contribution in [2.24, 2.45) is 5.92 Å². The summed E-state index contributed by atoms with van der Waals surface area (Å²) >= 11 is 0. The molecule has 7 heteroatoms. The summed E-state index contributed by atoms with van der Waals surface area (Å²) in [5, 5.41) is 12.0. The number of rotatable bonds is 3. The number of anilines is 3. The van der Waals surface area contributed by atoms with Gasteiger partial charge in [0.2, 0.25) is 5.95 Å². The molecule has 0 bridgehead atoms.